The first kappa shape index (κ1) is 19.6. The highest BCUT2D eigenvalue weighted by Gasteiger charge is 2.41. The average molecular weight is 385 g/mol. The lowest BCUT2D eigenvalue weighted by Gasteiger charge is -2.30. The highest BCUT2D eigenvalue weighted by molar-refractivity contribution is 7.91. The minimum atomic E-state index is -4.74. The van der Waals surface area contributed by atoms with Gasteiger partial charge in [-0.3, -0.25) is 4.79 Å². The summed E-state index contributed by atoms with van der Waals surface area (Å²) in [6.07, 6.45) is -4.00. The van der Waals surface area contributed by atoms with E-state index < -0.39 is 44.5 Å². The van der Waals surface area contributed by atoms with E-state index in [-0.39, 0.29) is 31.2 Å². The SMILES string of the molecule is O=C(NC1CCC(C(F)(F)F)CC1)c1ccc(S(=O)(=O)C(F)F)cc1. The van der Waals surface area contributed by atoms with Gasteiger partial charge in [0.1, 0.15) is 0 Å². The van der Waals surface area contributed by atoms with Crippen LogP contribution in [0.1, 0.15) is 36.0 Å². The topological polar surface area (TPSA) is 63.2 Å². The molecule has 1 aliphatic rings. The van der Waals surface area contributed by atoms with Gasteiger partial charge in [-0.2, -0.15) is 22.0 Å². The van der Waals surface area contributed by atoms with Gasteiger partial charge in [0.05, 0.1) is 10.8 Å². The van der Waals surface area contributed by atoms with Crippen molar-refractivity contribution < 1.29 is 35.2 Å². The van der Waals surface area contributed by atoms with Crippen LogP contribution in [0.3, 0.4) is 0 Å². The molecule has 0 heterocycles. The molecule has 1 aliphatic carbocycles. The van der Waals surface area contributed by atoms with Crippen LogP contribution in [0.15, 0.2) is 29.2 Å². The summed E-state index contributed by atoms with van der Waals surface area (Å²) in [4.78, 5) is 11.4. The average Bonchev–Trinajstić information content (AvgIpc) is 2.54. The quantitative estimate of drug-likeness (QED) is 0.807. The van der Waals surface area contributed by atoms with Gasteiger partial charge in [0.2, 0.25) is 9.84 Å². The van der Waals surface area contributed by atoms with Gasteiger partial charge in [-0.25, -0.2) is 8.42 Å². The van der Waals surface area contributed by atoms with Gasteiger partial charge >= 0.3 is 11.9 Å². The molecule has 1 saturated carbocycles. The number of benzene rings is 1. The smallest absolute Gasteiger partial charge is 0.349 e. The maximum absolute atomic E-state index is 12.6. The third kappa shape index (κ3) is 4.68. The number of carbonyl (C=O) groups excluding carboxylic acids is 1. The van der Waals surface area contributed by atoms with Gasteiger partial charge in [0, 0.05) is 11.6 Å². The number of amides is 1. The van der Waals surface area contributed by atoms with Gasteiger partial charge < -0.3 is 5.32 Å². The summed E-state index contributed by atoms with van der Waals surface area (Å²) < 4.78 is 85.3. The predicted molar refractivity (Wildman–Crippen MR) is 78.9 cm³/mol. The fourth-order valence-electron chi connectivity index (χ4n) is 2.73. The Labute approximate surface area is 141 Å². The zero-order valence-electron chi connectivity index (χ0n) is 12.9. The Kier molecular flexibility index (Phi) is 5.70. The molecule has 0 spiro atoms. The molecular formula is C15H16F5NO3S. The van der Waals surface area contributed by atoms with E-state index >= 15 is 0 Å². The van der Waals surface area contributed by atoms with E-state index in [1.54, 1.807) is 0 Å². The minimum Gasteiger partial charge on any atom is -0.349 e. The Morgan fingerprint density at radius 3 is 2.00 bits per heavy atom. The summed E-state index contributed by atoms with van der Waals surface area (Å²) in [6.45, 7) is 0. The number of alkyl halides is 5. The van der Waals surface area contributed by atoms with Crippen LogP contribution < -0.4 is 5.32 Å². The van der Waals surface area contributed by atoms with Crippen LogP contribution in [0, 0.1) is 5.92 Å². The number of sulfone groups is 1. The Hall–Kier alpha value is -1.71. The molecule has 0 unspecified atom stereocenters. The lowest BCUT2D eigenvalue weighted by molar-refractivity contribution is -0.182. The lowest BCUT2D eigenvalue weighted by atomic mass is 9.85. The summed E-state index contributed by atoms with van der Waals surface area (Å²) in [5.41, 5.74) is 0.0474. The predicted octanol–water partition coefficient (Wildman–Crippen LogP) is 3.53. The number of rotatable bonds is 4. The maximum atomic E-state index is 12.6. The van der Waals surface area contributed by atoms with Crippen LogP contribution in [0.2, 0.25) is 0 Å². The molecule has 140 valence electrons. The molecule has 10 heteroatoms. The largest absolute Gasteiger partial charge is 0.391 e. The number of hydrogen-bond acceptors (Lipinski definition) is 3. The van der Waals surface area contributed by atoms with Crippen LogP contribution in [0.5, 0.6) is 0 Å². The zero-order chi connectivity index (χ0) is 18.8. The molecule has 1 aromatic carbocycles. The molecule has 1 amide bonds. The minimum absolute atomic E-state index is 0.0474. The molecule has 0 atom stereocenters. The van der Waals surface area contributed by atoms with Crippen LogP contribution in [0.4, 0.5) is 22.0 Å². The Morgan fingerprint density at radius 1 is 1.04 bits per heavy atom. The van der Waals surface area contributed by atoms with Crippen molar-refractivity contribution in [1.29, 1.82) is 0 Å². The van der Waals surface area contributed by atoms with Crippen molar-refractivity contribution in [1.82, 2.24) is 5.32 Å². The summed E-state index contributed by atoms with van der Waals surface area (Å²) in [6, 6.07) is 3.57. The molecule has 0 radical (unpaired) electrons. The summed E-state index contributed by atoms with van der Waals surface area (Å²) in [7, 11) is -4.74. The Bertz CT molecular complexity index is 708. The first-order chi connectivity index (χ1) is 11.5. The van der Waals surface area contributed by atoms with Gasteiger partial charge in [-0.15, -0.1) is 0 Å². The molecule has 1 aromatic rings. The molecule has 1 fully saturated rings. The second-order valence-electron chi connectivity index (χ2n) is 5.89. The van der Waals surface area contributed by atoms with Gasteiger partial charge in [0.15, 0.2) is 0 Å². The maximum Gasteiger partial charge on any atom is 0.391 e. The van der Waals surface area contributed by atoms with Crippen LogP contribution in [0.25, 0.3) is 0 Å². The van der Waals surface area contributed by atoms with Crippen molar-refractivity contribution in [2.75, 3.05) is 0 Å². The summed E-state index contributed by atoms with van der Waals surface area (Å²) in [5, 5.41) is 2.58. The molecule has 2 rings (SSSR count). The fourth-order valence-corrected chi connectivity index (χ4v) is 3.45. The van der Waals surface area contributed by atoms with E-state index in [1.165, 1.54) is 0 Å². The molecule has 4 nitrogen and oxygen atoms in total. The van der Waals surface area contributed by atoms with E-state index in [9.17, 15) is 35.2 Å². The van der Waals surface area contributed by atoms with Crippen LogP contribution in [-0.2, 0) is 9.84 Å². The molecule has 0 saturated heterocycles. The van der Waals surface area contributed by atoms with Crippen molar-refractivity contribution >= 4 is 15.7 Å². The molecule has 0 bridgehead atoms. The van der Waals surface area contributed by atoms with Crippen LogP contribution in [-0.4, -0.2) is 32.3 Å². The second-order valence-corrected chi connectivity index (χ2v) is 7.81. The van der Waals surface area contributed by atoms with E-state index in [0.29, 0.717) is 0 Å². The number of nitrogens with one attached hydrogen (secondary N) is 1. The molecule has 25 heavy (non-hydrogen) atoms. The van der Waals surface area contributed by atoms with Crippen molar-refractivity contribution in [3.63, 3.8) is 0 Å². The first-order valence-corrected chi connectivity index (χ1v) is 9.06. The normalized spacial score (nSPS) is 22.0. The molecular weight excluding hydrogens is 369 g/mol. The number of hydrogen-bond donors (Lipinski definition) is 1. The zero-order valence-corrected chi connectivity index (χ0v) is 13.7. The highest BCUT2D eigenvalue weighted by Crippen LogP contribution is 2.37. The highest BCUT2D eigenvalue weighted by atomic mass is 32.2. The lowest BCUT2D eigenvalue weighted by Crippen LogP contribution is -2.40. The Morgan fingerprint density at radius 2 is 1.56 bits per heavy atom. The molecule has 0 aliphatic heterocycles. The summed E-state index contributed by atoms with van der Waals surface area (Å²) in [5.74, 6) is -5.51. The van der Waals surface area contributed by atoms with Crippen molar-refractivity contribution in [3.8, 4) is 0 Å². The molecule has 1 N–H and O–H groups in total. The standard InChI is InChI=1S/C15H16F5NO3S/c16-14(17)25(23,24)12-7-1-9(2-8-12)13(22)21-11-5-3-10(4-6-11)15(18,19)20/h1-2,7-8,10-11,14H,3-6H2,(H,21,22). The van der Waals surface area contributed by atoms with Crippen molar-refractivity contribution in [2.24, 2.45) is 5.92 Å². The van der Waals surface area contributed by atoms with Gasteiger partial charge in [-0.1, -0.05) is 0 Å². The van der Waals surface area contributed by atoms with Gasteiger partial charge in [-0.05, 0) is 49.9 Å². The molecule has 0 aromatic heterocycles. The van der Waals surface area contributed by atoms with Crippen LogP contribution >= 0.6 is 0 Å². The van der Waals surface area contributed by atoms with Crippen molar-refractivity contribution in [3.05, 3.63) is 29.8 Å². The van der Waals surface area contributed by atoms with E-state index in [4.69, 9.17) is 0 Å². The third-order valence-corrected chi connectivity index (χ3v) is 5.60. The second kappa shape index (κ2) is 7.27. The Balaban J connectivity index is 1.96. The third-order valence-electron chi connectivity index (χ3n) is 4.20. The summed E-state index contributed by atoms with van der Waals surface area (Å²) >= 11 is 0. The van der Waals surface area contributed by atoms with Gasteiger partial charge in [0.25, 0.3) is 5.91 Å². The first-order valence-electron chi connectivity index (χ1n) is 7.51. The van der Waals surface area contributed by atoms with Crippen molar-refractivity contribution in [2.45, 2.75) is 48.6 Å². The number of halogens is 5. The van der Waals surface area contributed by atoms with E-state index in [1.807, 2.05) is 0 Å². The van der Waals surface area contributed by atoms with E-state index in [2.05, 4.69) is 5.32 Å². The number of carbonyl (C=O) groups is 1. The fraction of sp³-hybridized carbons (Fsp3) is 0.533. The monoisotopic (exact) mass is 385 g/mol. The van der Waals surface area contributed by atoms with E-state index in [0.717, 1.165) is 24.3 Å².